The van der Waals surface area contributed by atoms with Gasteiger partial charge in [0.1, 0.15) is 0 Å². The van der Waals surface area contributed by atoms with Crippen molar-refractivity contribution in [3.8, 4) is 11.1 Å². The summed E-state index contributed by atoms with van der Waals surface area (Å²) in [5, 5.41) is -0.621. The molecule has 3 aromatic carbocycles. The Morgan fingerprint density at radius 1 is 0.694 bits per heavy atom. The van der Waals surface area contributed by atoms with Crippen molar-refractivity contribution >= 4 is 11.6 Å². The summed E-state index contributed by atoms with van der Waals surface area (Å²) >= 11 is 6.09. The monoisotopic (exact) mass is 518 g/mol. The van der Waals surface area contributed by atoms with Crippen LogP contribution in [0.2, 0.25) is 5.02 Å². The lowest BCUT2D eigenvalue weighted by molar-refractivity contribution is -0.225. The van der Waals surface area contributed by atoms with Gasteiger partial charge in [0.2, 0.25) is 0 Å². The number of allylic oxidation sites excluding steroid dienone is 4. The van der Waals surface area contributed by atoms with Gasteiger partial charge in [0.25, 0.3) is 0 Å². The molecule has 0 atom stereocenters. The van der Waals surface area contributed by atoms with Crippen molar-refractivity contribution in [3.05, 3.63) is 118 Å². The highest BCUT2D eigenvalue weighted by Gasteiger charge is 2.59. The fourth-order valence-electron chi connectivity index (χ4n) is 3.93. The Labute approximate surface area is 214 Å². The van der Waals surface area contributed by atoms with Crippen molar-refractivity contribution in [2.45, 2.75) is 51.4 Å². The lowest BCUT2D eigenvalue weighted by atomic mass is 9.92. The van der Waals surface area contributed by atoms with Crippen LogP contribution in [0.25, 0.3) is 11.1 Å². The molecule has 0 aliphatic rings. The number of alkyl halides is 4. The Kier molecular flexibility index (Phi) is 9.13. The number of hydrogen-bond acceptors (Lipinski definition) is 0. The molecule has 36 heavy (non-hydrogen) atoms. The summed E-state index contributed by atoms with van der Waals surface area (Å²) in [5.41, 5.74) is 0.106. The number of rotatable bonds is 10. The second kappa shape index (κ2) is 11.9. The molecule has 0 bridgehead atoms. The average molecular weight is 519 g/mol. The molecular formula is C30H28ClF5. The summed E-state index contributed by atoms with van der Waals surface area (Å²) in [6, 6.07) is 13.6. The molecule has 3 rings (SSSR count). The predicted octanol–water partition coefficient (Wildman–Crippen LogP) is 10.0. The van der Waals surface area contributed by atoms with Gasteiger partial charge in [-0.3, -0.25) is 0 Å². The average Bonchev–Trinajstić information content (AvgIpc) is 2.86. The first kappa shape index (κ1) is 27.7. The Hall–Kier alpha value is -2.92. The molecule has 0 fully saturated rings. The van der Waals surface area contributed by atoms with Crippen LogP contribution in [0.3, 0.4) is 0 Å². The van der Waals surface area contributed by atoms with Crippen LogP contribution < -0.4 is 0 Å². The molecule has 0 aromatic heterocycles. The van der Waals surface area contributed by atoms with E-state index in [2.05, 4.69) is 0 Å². The standard InChI is InChI=1S/C30H28ClF5/c1-3-5-7-9-21-11-15-23(16-12-21)25-19-20-26(28(32)27(25)31)30(35,36)29(33,34)24-17-13-22(14-18-24)10-8-6-4-2/h3-6,11-20H,7-10H2,1-2H3/b5-3+,6-4+. The zero-order valence-corrected chi connectivity index (χ0v) is 20.9. The minimum atomic E-state index is -4.82. The summed E-state index contributed by atoms with van der Waals surface area (Å²) in [6.45, 7) is 3.80. The smallest absolute Gasteiger partial charge is 0.205 e. The van der Waals surface area contributed by atoms with Crippen LogP contribution in [0.5, 0.6) is 0 Å². The van der Waals surface area contributed by atoms with E-state index in [1.165, 1.54) is 12.1 Å². The minimum absolute atomic E-state index is 0.155. The van der Waals surface area contributed by atoms with E-state index in [0.717, 1.165) is 42.2 Å². The maximum atomic E-state index is 15.1. The second-order valence-electron chi connectivity index (χ2n) is 8.55. The van der Waals surface area contributed by atoms with Crippen molar-refractivity contribution in [1.29, 1.82) is 0 Å². The maximum absolute atomic E-state index is 15.1. The molecule has 0 saturated heterocycles. The Balaban J connectivity index is 1.88. The topological polar surface area (TPSA) is 0 Å². The van der Waals surface area contributed by atoms with Gasteiger partial charge in [-0.1, -0.05) is 90.5 Å². The SMILES string of the molecule is C/C=C/CCc1ccc(-c2ccc(C(F)(F)C(F)(F)c3ccc(CC/C=C/C)cc3)c(F)c2Cl)cc1. The Morgan fingerprint density at radius 3 is 1.69 bits per heavy atom. The van der Waals surface area contributed by atoms with Gasteiger partial charge in [-0.2, -0.15) is 17.6 Å². The van der Waals surface area contributed by atoms with E-state index in [1.54, 1.807) is 12.1 Å². The van der Waals surface area contributed by atoms with E-state index in [4.69, 9.17) is 11.6 Å². The molecule has 190 valence electrons. The predicted molar refractivity (Wildman–Crippen MR) is 137 cm³/mol. The molecule has 6 heteroatoms. The van der Waals surface area contributed by atoms with Gasteiger partial charge >= 0.3 is 11.8 Å². The van der Waals surface area contributed by atoms with Crippen molar-refractivity contribution in [1.82, 2.24) is 0 Å². The summed E-state index contributed by atoms with van der Waals surface area (Å²) in [7, 11) is 0. The van der Waals surface area contributed by atoms with Gasteiger partial charge in [0.15, 0.2) is 5.82 Å². The third-order valence-corrected chi connectivity index (χ3v) is 6.44. The van der Waals surface area contributed by atoms with Crippen LogP contribution in [0.15, 0.2) is 85.0 Å². The Morgan fingerprint density at radius 2 is 1.19 bits per heavy atom. The van der Waals surface area contributed by atoms with Crippen molar-refractivity contribution in [2.75, 3.05) is 0 Å². The van der Waals surface area contributed by atoms with E-state index in [9.17, 15) is 8.78 Å². The number of halogens is 6. The molecular weight excluding hydrogens is 491 g/mol. The second-order valence-corrected chi connectivity index (χ2v) is 8.92. The van der Waals surface area contributed by atoms with Crippen LogP contribution in [0, 0.1) is 5.82 Å². The molecule has 0 spiro atoms. The van der Waals surface area contributed by atoms with Gasteiger partial charge < -0.3 is 0 Å². The molecule has 3 aromatic rings. The quantitative estimate of drug-likeness (QED) is 0.185. The molecule has 0 radical (unpaired) electrons. The van der Waals surface area contributed by atoms with E-state index in [0.29, 0.717) is 24.5 Å². The first-order valence-corrected chi connectivity index (χ1v) is 12.2. The third kappa shape index (κ3) is 5.89. The van der Waals surface area contributed by atoms with E-state index >= 15 is 13.2 Å². The largest absolute Gasteiger partial charge is 0.342 e. The van der Waals surface area contributed by atoms with E-state index in [-0.39, 0.29) is 5.56 Å². The molecule has 0 unspecified atom stereocenters. The molecule has 0 heterocycles. The van der Waals surface area contributed by atoms with Crippen LogP contribution in [-0.2, 0) is 24.7 Å². The fourth-order valence-corrected chi connectivity index (χ4v) is 4.20. The lowest BCUT2D eigenvalue weighted by Gasteiger charge is -2.28. The molecule has 0 aliphatic heterocycles. The number of hydrogen-bond donors (Lipinski definition) is 0. The molecule has 0 saturated carbocycles. The van der Waals surface area contributed by atoms with Gasteiger partial charge in [0, 0.05) is 11.1 Å². The molecule has 0 nitrogen and oxygen atoms in total. The highest BCUT2D eigenvalue weighted by molar-refractivity contribution is 6.33. The minimum Gasteiger partial charge on any atom is -0.205 e. The molecule has 0 amide bonds. The highest BCUT2D eigenvalue weighted by Crippen LogP contribution is 2.51. The number of benzene rings is 3. The van der Waals surface area contributed by atoms with E-state index < -0.39 is 33.8 Å². The van der Waals surface area contributed by atoms with Crippen molar-refractivity contribution in [2.24, 2.45) is 0 Å². The zero-order chi connectivity index (χ0) is 26.3. The number of aryl methyl sites for hydroxylation is 2. The zero-order valence-electron chi connectivity index (χ0n) is 20.2. The maximum Gasteiger partial charge on any atom is 0.342 e. The summed E-state index contributed by atoms with van der Waals surface area (Å²) in [5.74, 6) is -11.0. The fraction of sp³-hybridized carbons (Fsp3) is 0.267. The molecule has 0 N–H and O–H groups in total. The van der Waals surface area contributed by atoms with Crippen LogP contribution >= 0.6 is 11.6 Å². The van der Waals surface area contributed by atoms with Crippen molar-refractivity contribution in [3.63, 3.8) is 0 Å². The van der Waals surface area contributed by atoms with Crippen LogP contribution in [-0.4, -0.2) is 0 Å². The van der Waals surface area contributed by atoms with Gasteiger partial charge in [-0.05, 0) is 62.3 Å². The summed E-state index contributed by atoms with van der Waals surface area (Å²) in [6.07, 6.45) is 10.8. The summed E-state index contributed by atoms with van der Waals surface area (Å²) < 4.78 is 75.2. The Bertz CT molecular complexity index is 1210. The first-order valence-electron chi connectivity index (χ1n) is 11.8. The van der Waals surface area contributed by atoms with Crippen LogP contribution in [0.4, 0.5) is 22.0 Å². The van der Waals surface area contributed by atoms with Crippen LogP contribution in [0.1, 0.15) is 48.9 Å². The lowest BCUT2D eigenvalue weighted by Crippen LogP contribution is -2.36. The molecule has 0 aliphatic carbocycles. The highest BCUT2D eigenvalue weighted by atomic mass is 35.5. The van der Waals surface area contributed by atoms with Crippen molar-refractivity contribution < 1.29 is 22.0 Å². The first-order chi connectivity index (χ1) is 17.1. The van der Waals surface area contributed by atoms with E-state index in [1.807, 2.05) is 50.3 Å². The summed E-state index contributed by atoms with van der Waals surface area (Å²) in [4.78, 5) is 0. The van der Waals surface area contributed by atoms with Gasteiger partial charge in [-0.15, -0.1) is 0 Å². The third-order valence-electron chi connectivity index (χ3n) is 6.07. The normalized spacial score (nSPS) is 12.7. The van der Waals surface area contributed by atoms with Gasteiger partial charge in [0.05, 0.1) is 10.6 Å². The van der Waals surface area contributed by atoms with Gasteiger partial charge in [-0.25, -0.2) is 4.39 Å².